The molecule has 1 saturated heterocycles. The maximum atomic E-state index is 14.6. The molecule has 5 rings (SSSR count). The number of nitrogens with two attached hydrogens (primary N) is 1. The predicted octanol–water partition coefficient (Wildman–Crippen LogP) is 2.20. The highest BCUT2D eigenvalue weighted by atomic mass is 19.4. The lowest BCUT2D eigenvalue weighted by Crippen LogP contribution is -2.46. The van der Waals surface area contributed by atoms with Crippen molar-refractivity contribution in [2.75, 3.05) is 12.4 Å². The molecule has 15 heteroatoms. The van der Waals surface area contributed by atoms with Crippen molar-refractivity contribution in [2.45, 2.75) is 37.8 Å². The lowest BCUT2D eigenvalue weighted by molar-refractivity contribution is -0.275. The number of alkyl halides is 3. The van der Waals surface area contributed by atoms with E-state index in [0.29, 0.717) is 23.7 Å². The Morgan fingerprint density at radius 3 is 2.68 bits per heavy atom. The van der Waals surface area contributed by atoms with Gasteiger partial charge >= 0.3 is 6.36 Å². The van der Waals surface area contributed by atoms with Gasteiger partial charge in [0.2, 0.25) is 17.7 Å². The second kappa shape index (κ2) is 9.15. The number of nitrogens with zero attached hydrogens (tertiary/aromatic N) is 4. The fraction of sp³-hybridized carbons (Fsp3) is 0.348. The van der Waals surface area contributed by atoms with Crippen LogP contribution in [0, 0.1) is 11.7 Å². The van der Waals surface area contributed by atoms with Crippen molar-refractivity contribution < 1.29 is 41.4 Å². The average Bonchev–Trinajstić information content (AvgIpc) is 3.36. The van der Waals surface area contributed by atoms with E-state index >= 15 is 0 Å². The van der Waals surface area contributed by atoms with Gasteiger partial charge in [0.1, 0.15) is 12.6 Å². The fourth-order valence-electron chi connectivity index (χ4n) is 4.75. The Hall–Kier alpha value is -4.43. The number of amides is 3. The van der Waals surface area contributed by atoms with Crippen molar-refractivity contribution in [3.8, 4) is 11.6 Å². The largest absolute Gasteiger partial charge is 0.573 e. The van der Waals surface area contributed by atoms with Gasteiger partial charge in [-0.05, 0) is 30.9 Å². The van der Waals surface area contributed by atoms with Crippen molar-refractivity contribution in [3.05, 3.63) is 42.0 Å². The predicted molar refractivity (Wildman–Crippen MR) is 121 cm³/mol. The topological polar surface area (TPSA) is 142 Å². The van der Waals surface area contributed by atoms with Crippen molar-refractivity contribution in [3.63, 3.8) is 0 Å². The molecule has 0 spiro atoms. The summed E-state index contributed by atoms with van der Waals surface area (Å²) in [4.78, 5) is 43.7. The minimum absolute atomic E-state index is 0.0564. The van der Waals surface area contributed by atoms with Crippen LogP contribution in [0.2, 0.25) is 0 Å². The molecule has 3 heterocycles. The standard InChI is InChI=1S/C23H20F4N6O5/c1-37-17-7-11-15(8-29-17)32(31-20(11)21(28)35)9-18(34)33-13-5-10(13)6-14(33)22(36)30-12-3-2-4-16(19(12)24)38-23(25,26)27/h2-4,7-8,10,13-14H,5-6,9H2,1H3,(H2,28,35)(H,30,36)/t10-,13-,14+/m1/s1. The quantitative estimate of drug-likeness (QED) is 0.441. The number of likely N-dealkylation sites (tertiary alicyclic amines) is 1. The molecule has 38 heavy (non-hydrogen) atoms. The van der Waals surface area contributed by atoms with Gasteiger partial charge < -0.3 is 25.4 Å². The minimum atomic E-state index is -5.12. The molecule has 3 aromatic rings. The van der Waals surface area contributed by atoms with Crippen LogP contribution in [0.1, 0.15) is 23.3 Å². The molecule has 11 nitrogen and oxygen atoms in total. The van der Waals surface area contributed by atoms with Gasteiger partial charge in [-0.15, -0.1) is 13.2 Å². The van der Waals surface area contributed by atoms with Crippen LogP contribution in [0.25, 0.3) is 10.9 Å². The highest BCUT2D eigenvalue weighted by Crippen LogP contribution is 2.48. The number of methoxy groups -OCH3 is 1. The van der Waals surface area contributed by atoms with Gasteiger partial charge in [0, 0.05) is 17.5 Å². The monoisotopic (exact) mass is 536 g/mol. The number of hydrogen-bond acceptors (Lipinski definition) is 7. The van der Waals surface area contributed by atoms with Crippen LogP contribution in [0.3, 0.4) is 0 Å². The summed E-state index contributed by atoms with van der Waals surface area (Å²) < 4.78 is 62.2. The van der Waals surface area contributed by atoms with E-state index in [2.05, 4.69) is 20.1 Å². The smallest absolute Gasteiger partial charge is 0.481 e. The Bertz CT molecular complexity index is 1460. The molecule has 0 bridgehead atoms. The maximum Gasteiger partial charge on any atom is 0.573 e. The molecular weight excluding hydrogens is 516 g/mol. The number of ether oxygens (including phenoxy) is 2. The van der Waals surface area contributed by atoms with Gasteiger partial charge in [0.15, 0.2) is 17.3 Å². The molecule has 1 aliphatic carbocycles. The zero-order chi connectivity index (χ0) is 27.4. The van der Waals surface area contributed by atoms with E-state index < -0.39 is 47.4 Å². The number of primary amides is 1. The first-order valence-electron chi connectivity index (χ1n) is 11.3. The molecule has 0 radical (unpaired) electrons. The van der Waals surface area contributed by atoms with Crippen LogP contribution in [0.4, 0.5) is 23.2 Å². The zero-order valence-electron chi connectivity index (χ0n) is 19.7. The lowest BCUT2D eigenvalue weighted by Gasteiger charge is -2.27. The molecule has 1 saturated carbocycles. The first kappa shape index (κ1) is 25.2. The summed E-state index contributed by atoms with van der Waals surface area (Å²) in [6.45, 7) is -0.353. The first-order valence-corrected chi connectivity index (χ1v) is 11.3. The average molecular weight is 536 g/mol. The number of halogens is 4. The molecule has 2 fully saturated rings. The van der Waals surface area contributed by atoms with Crippen molar-refractivity contribution >= 4 is 34.3 Å². The molecule has 1 aliphatic heterocycles. The molecule has 3 amide bonds. The molecule has 3 atom stereocenters. The molecule has 1 aromatic carbocycles. The third-order valence-electron chi connectivity index (χ3n) is 6.48. The Kier molecular flexibility index (Phi) is 6.07. The highest BCUT2D eigenvalue weighted by molar-refractivity contribution is 6.04. The van der Waals surface area contributed by atoms with Gasteiger partial charge in [-0.3, -0.25) is 19.1 Å². The number of aromatic nitrogens is 3. The first-order chi connectivity index (χ1) is 18.0. The number of hydrogen-bond donors (Lipinski definition) is 2. The minimum Gasteiger partial charge on any atom is -0.481 e. The van der Waals surface area contributed by atoms with Gasteiger partial charge in [-0.1, -0.05) is 6.07 Å². The van der Waals surface area contributed by atoms with Gasteiger partial charge in [-0.25, -0.2) is 9.37 Å². The lowest BCUT2D eigenvalue weighted by atomic mass is 10.1. The van der Waals surface area contributed by atoms with E-state index in [-0.39, 0.29) is 30.1 Å². The van der Waals surface area contributed by atoms with E-state index in [4.69, 9.17) is 10.5 Å². The van der Waals surface area contributed by atoms with Gasteiger partial charge in [0.05, 0.1) is 24.5 Å². The Morgan fingerprint density at radius 2 is 2.00 bits per heavy atom. The summed E-state index contributed by atoms with van der Waals surface area (Å²) in [6, 6.07) is 3.19. The Balaban J connectivity index is 1.37. The third-order valence-corrected chi connectivity index (χ3v) is 6.48. The van der Waals surface area contributed by atoms with E-state index in [1.54, 1.807) is 0 Å². The number of rotatable bonds is 7. The molecule has 2 aromatic heterocycles. The summed E-state index contributed by atoms with van der Waals surface area (Å²) in [7, 11) is 1.39. The summed E-state index contributed by atoms with van der Waals surface area (Å²) in [5.74, 6) is -4.32. The van der Waals surface area contributed by atoms with Crippen LogP contribution >= 0.6 is 0 Å². The summed E-state index contributed by atoms with van der Waals surface area (Å²) in [5, 5.41) is 6.74. The number of pyridine rings is 1. The maximum absolute atomic E-state index is 14.6. The van der Waals surface area contributed by atoms with E-state index in [1.165, 1.54) is 29.0 Å². The number of fused-ring (bicyclic) bond motifs is 2. The second-order valence-electron chi connectivity index (χ2n) is 8.88. The summed E-state index contributed by atoms with van der Waals surface area (Å²) in [5.41, 5.74) is 5.16. The molecule has 3 N–H and O–H groups in total. The number of benzene rings is 1. The number of carbonyl (C=O) groups excluding carboxylic acids is 3. The second-order valence-corrected chi connectivity index (χ2v) is 8.88. The van der Waals surface area contributed by atoms with Gasteiger partial charge in [-0.2, -0.15) is 5.10 Å². The number of piperidine rings is 1. The normalized spacial score (nSPS) is 20.2. The summed E-state index contributed by atoms with van der Waals surface area (Å²) in [6.07, 6.45) is -2.78. The van der Waals surface area contributed by atoms with Crippen molar-refractivity contribution in [2.24, 2.45) is 11.7 Å². The number of carbonyl (C=O) groups is 3. The Morgan fingerprint density at radius 1 is 1.24 bits per heavy atom. The van der Waals surface area contributed by atoms with Crippen LogP contribution in [-0.2, 0) is 16.1 Å². The van der Waals surface area contributed by atoms with Crippen molar-refractivity contribution in [1.82, 2.24) is 19.7 Å². The number of nitrogens with one attached hydrogen (secondary N) is 1. The summed E-state index contributed by atoms with van der Waals surface area (Å²) >= 11 is 0. The van der Waals surface area contributed by atoms with Crippen molar-refractivity contribution in [1.29, 1.82) is 0 Å². The van der Waals surface area contributed by atoms with E-state index in [1.807, 2.05) is 0 Å². The van der Waals surface area contributed by atoms with E-state index in [9.17, 15) is 31.9 Å². The van der Waals surface area contributed by atoms with Crippen LogP contribution in [0.15, 0.2) is 30.5 Å². The van der Waals surface area contributed by atoms with Gasteiger partial charge in [0.25, 0.3) is 5.91 Å². The molecule has 200 valence electrons. The van der Waals surface area contributed by atoms with E-state index in [0.717, 1.165) is 18.2 Å². The fourth-order valence-corrected chi connectivity index (χ4v) is 4.75. The highest BCUT2D eigenvalue weighted by Gasteiger charge is 2.56. The molecular formula is C23H20F4N6O5. The number of anilines is 1. The van der Waals surface area contributed by atoms with Crippen LogP contribution in [-0.4, -0.2) is 62.9 Å². The third kappa shape index (κ3) is 4.66. The Labute approximate surface area is 211 Å². The van der Waals surface area contributed by atoms with Crippen LogP contribution < -0.4 is 20.5 Å². The molecule has 0 unspecified atom stereocenters. The zero-order valence-corrected chi connectivity index (χ0v) is 19.7. The SMILES string of the molecule is COc1cc2c(C(N)=O)nn(CC(=O)N3[C@@H]4C[C@@H]4C[C@H]3C(=O)Nc3cccc(OC(F)(F)F)c3F)c2cn1. The molecule has 2 aliphatic rings. The van der Waals surface area contributed by atoms with Crippen LogP contribution in [0.5, 0.6) is 11.6 Å².